The second kappa shape index (κ2) is 7.46. The van der Waals surface area contributed by atoms with Gasteiger partial charge in [0.15, 0.2) is 0 Å². The van der Waals surface area contributed by atoms with Crippen LogP contribution in [0.1, 0.15) is 24.8 Å². The molecule has 0 atom stereocenters. The summed E-state index contributed by atoms with van der Waals surface area (Å²) in [7, 11) is 0. The molecule has 0 unspecified atom stereocenters. The van der Waals surface area contributed by atoms with Crippen molar-refractivity contribution in [2.24, 2.45) is 0 Å². The van der Waals surface area contributed by atoms with Crippen molar-refractivity contribution >= 4 is 5.91 Å². The van der Waals surface area contributed by atoms with Gasteiger partial charge >= 0.3 is 5.69 Å². The molecule has 1 fully saturated rings. The van der Waals surface area contributed by atoms with Crippen molar-refractivity contribution < 1.29 is 9.18 Å². The third kappa shape index (κ3) is 4.04. The summed E-state index contributed by atoms with van der Waals surface area (Å²) >= 11 is 0. The van der Waals surface area contributed by atoms with Gasteiger partial charge in [-0.25, -0.2) is 9.18 Å². The molecular formula is C18H20FN3O3. The van der Waals surface area contributed by atoms with Crippen LogP contribution in [0, 0.1) is 5.82 Å². The monoisotopic (exact) mass is 345 g/mol. The van der Waals surface area contributed by atoms with Crippen molar-refractivity contribution in [2.45, 2.75) is 32.4 Å². The molecule has 1 aliphatic rings. The van der Waals surface area contributed by atoms with Gasteiger partial charge in [0.1, 0.15) is 12.4 Å². The molecule has 1 amide bonds. The van der Waals surface area contributed by atoms with Gasteiger partial charge in [0.2, 0.25) is 5.91 Å². The van der Waals surface area contributed by atoms with Gasteiger partial charge in [0.25, 0.3) is 5.56 Å². The fraction of sp³-hybridized carbons (Fsp3) is 0.389. The molecular weight excluding hydrogens is 325 g/mol. The zero-order chi connectivity index (χ0) is 17.8. The van der Waals surface area contributed by atoms with E-state index in [0.717, 1.165) is 23.8 Å². The number of rotatable bonds is 4. The van der Waals surface area contributed by atoms with Gasteiger partial charge in [0.05, 0.1) is 6.54 Å². The molecule has 0 N–H and O–H groups in total. The minimum Gasteiger partial charge on any atom is -0.341 e. The lowest BCUT2D eigenvalue weighted by Gasteiger charge is -2.26. The van der Waals surface area contributed by atoms with Crippen LogP contribution in [0.3, 0.4) is 0 Å². The first-order valence-corrected chi connectivity index (χ1v) is 8.37. The van der Waals surface area contributed by atoms with Crippen molar-refractivity contribution in [3.63, 3.8) is 0 Å². The van der Waals surface area contributed by atoms with Gasteiger partial charge in [-0.15, -0.1) is 0 Å². The van der Waals surface area contributed by atoms with Gasteiger partial charge < -0.3 is 4.90 Å². The molecule has 1 saturated heterocycles. The summed E-state index contributed by atoms with van der Waals surface area (Å²) in [6.45, 7) is 1.20. The molecule has 0 spiro atoms. The second-order valence-corrected chi connectivity index (χ2v) is 6.22. The van der Waals surface area contributed by atoms with Gasteiger partial charge in [-0.3, -0.25) is 18.7 Å². The highest BCUT2D eigenvalue weighted by molar-refractivity contribution is 5.76. The number of amides is 1. The van der Waals surface area contributed by atoms with E-state index >= 15 is 0 Å². The van der Waals surface area contributed by atoms with E-state index in [1.165, 1.54) is 29.0 Å². The first-order chi connectivity index (χ1) is 12.0. The molecule has 2 heterocycles. The summed E-state index contributed by atoms with van der Waals surface area (Å²) in [5, 5.41) is 0. The highest BCUT2D eigenvalue weighted by Crippen LogP contribution is 2.09. The Morgan fingerprint density at radius 2 is 1.84 bits per heavy atom. The van der Waals surface area contributed by atoms with E-state index < -0.39 is 11.2 Å². The minimum atomic E-state index is -0.567. The Bertz CT molecular complexity index is 882. The fourth-order valence-corrected chi connectivity index (χ4v) is 3.03. The minimum absolute atomic E-state index is 0.134. The number of likely N-dealkylation sites (tertiary alicyclic amines) is 1. The Labute approximate surface area is 144 Å². The van der Waals surface area contributed by atoms with Gasteiger partial charge in [-0.05, 0) is 37.0 Å². The highest BCUT2D eigenvalue weighted by Gasteiger charge is 2.18. The number of hydrogen-bond acceptors (Lipinski definition) is 3. The van der Waals surface area contributed by atoms with Gasteiger partial charge in [-0.2, -0.15) is 0 Å². The number of carbonyl (C=O) groups excluding carboxylic acids is 1. The summed E-state index contributed by atoms with van der Waals surface area (Å²) in [4.78, 5) is 38.6. The Hall–Kier alpha value is -2.70. The third-order valence-corrected chi connectivity index (χ3v) is 4.38. The molecule has 3 rings (SSSR count). The van der Waals surface area contributed by atoms with Crippen LogP contribution in [0.5, 0.6) is 0 Å². The van der Waals surface area contributed by atoms with E-state index in [-0.39, 0.29) is 24.8 Å². The average Bonchev–Trinajstić information content (AvgIpc) is 2.62. The van der Waals surface area contributed by atoms with Crippen LogP contribution in [0.2, 0.25) is 0 Å². The summed E-state index contributed by atoms with van der Waals surface area (Å²) in [5.41, 5.74) is -0.470. The molecule has 25 heavy (non-hydrogen) atoms. The lowest BCUT2D eigenvalue weighted by atomic mass is 10.1. The zero-order valence-corrected chi connectivity index (χ0v) is 13.9. The van der Waals surface area contributed by atoms with Crippen molar-refractivity contribution in [3.8, 4) is 0 Å². The topological polar surface area (TPSA) is 64.3 Å². The number of benzene rings is 1. The number of nitrogens with zero attached hydrogens (tertiary/aromatic N) is 3. The Morgan fingerprint density at radius 3 is 2.56 bits per heavy atom. The maximum absolute atomic E-state index is 13.3. The Balaban J connectivity index is 1.83. The van der Waals surface area contributed by atoms with Gasteiger partial charge in [-0.1, -0.05) is 12.1 Å². The first-order valence-electron chi connectivity index (χ1n) is 8.37. The molecule has 0 saturated carbocycles. The quantitative estimate of drug-likeness (QED) is 0.837. The van der Waals surface area contributed by atoms with E-state index in [1.807, 2.05) is 0 Å². The zero-order valence-electron chi connectivity index (χ0n) is 13.9. The van der Waals surface area contributed by atoms with Crippen LogP contribution in [-0.4, -0.2) is 33.0 Å². The van der Waals surface area contributed by atoms with Crippen LogP contribution in [-0.2, 0) is 17.9 Å². The highest BCUT2D eigenvalue weighted by atomic mass is 19.1. The van der Waals surface area contributed by atoms with E-state index in [1.54, 1.807) is 17.0 Å². The normalized spacial score (nSPS) is 14.5. The summed E-state index contributed by atoms with van der Waals surface area (Å²) in [5.74, 6) is -0.610. The van der Waals surface area contributed by atoms with Crippen molar-refractivity contribution in [1.29, 1.82) is 0 Å². The predicted molar refractivity (Wildman–Crippen MR) is 90.9 cm³/mol. The van der Waals surface area contributed by atoms with Crippen LogP contribution in [0.15, 0.2) is 46.1 Å². The molecule has 7 heteroatoms. The Kier molecular flexibility index (Phi) is 5.11. The molecule has 0 bridgehead atoms. The molecule has 0 radical (unpaired) electrons. The smallest absolute Gasteiger partial charge is 0.331 e. The van der Waals surface area contributed by atoms with Crippen molar-refractivity contribution in [3.05, 3.63) is 68.7 Å². The van der Waals surface area contributed by atoms with E-state index in [0.29, 0.717) is 18.7 Å². The standard InChI is InChI=1S/C18H20FN3O3/c19-15-6-4-5-14(11-15)12-21-10-7-16(23)22(18(21)25)13-17(24)20-8-2-1-3-9-20/h4-7,10-11H,1-3,8-9,12-13H2. The SMILES string of the molecule is O=C(Cn1c(=O)ccn(Cc2cccc(F)c2)c1=O)N1CCCCC1. The van der Waals surface area contributed by atoms with Crippen molar-refractivity contribution in [2.75, 3.05) is 13.1 Å². The molecule has 6 nitrogen and oxygen atoms in total. The summed E-state index contributed by atoms with van der Waals surface area (Å²) in [6, 6.07) is 7.17. The summed E-state index contributed by atoms with van der Waals surface area (Å²) in [6.07, 6.45) is 4.35. The average molecular weight is 345 g/mol. The number of hydrogen-bond donors (Lipinski definition) is 0. The van der Waals surface area contributed by atoms with E-state index in [9.17, 15) is 18.8 Å². The van der Waals surface area contributed by atoms with Crippen molar-refractivity contribution in [1.82, 2.24) is 14.0 Å². The van der Waals surface area contributed by atoms with Crippen LogP contribution >= 0.6 is 0 Å². The lowest BCUT2D eigenvalue weighted by Crippen LogP contribution is -2.45. The maximum Gasteiger partial charge on any atom is 0.331 e. The lowest BCUT2D eigenvalue weighted by molar-refractivity contribution is -0.132. The number of piperidine rings is 1. The second-order valence-electron chi connectivity index (χ2n) is 6.22. The maximum atomic E-state index is 13.3. The fourth-order valence-electron chi connectivity index (χ4n) is 3.03. The molecule has 1 aromatic heterocycles. The van der Waals surface area contributed by atoms with E-state index in [2.05, 4.69) is 0 Å². The van der Waals surface area contributed by atoms with Crippen LogP contribution in [0.25, 0.3) is 0 Å². The van der Waals surface area contributed by atoms with E-state index in [4.69, 9.17) is 0 Å². The Morgan fingerprint density at radius 1 is 1.08 bits per heavy atom. The first kappa shape index (κ1) is 17.1. The molecule has 132 valence electrons. The third-order valence-electron chi connectivity index (χ3n) is 4.38. The van der Waals surface area contributed by atoms with Crippen LogP contribution in [0.4, 0.5) is 4.39 Å². The molecule has 1 aromatic carbocycles. The molecule has 1 aliphatic heterocycles. The molecule has 2 aromatic rings. The van der Waals surface area contributed by atoms with Gasteiger partial charge in [0, 0.05) is 25.4 Å². The number of halogens is 1. The summed E-state index contributed by atoms with van der Waals surface area (Å²) < 4.78 is 15.5. The van der Waals surface area contributed by atoms with Crippen LogP contribution < -0.4 is 11.2 Å². The largest absolute Gasteiger partial charge is 0.341 e. The predicted octanol–water partition coefficient (Wildman–Crippen LogP) is 1.21. The number of carbonyl (C=O) groups is 1. The number of aromatic nitrogens is 2. The molecule has 0 aliphatic carbocycles.